The lowest BCUT2D eigenvalue weighted by atomic mass is 10.0. The van der Waals surface area contributed by atoms with Gasteiger partial charge in [-0.1, -0.05) is 18.2 Å². The monoisotopic (exact) mass is 310 g/mol. The quantitative estimate of drug-likeness (QED) is 0.925. The number of benzene rings is 1. The van der Waals surface area contributed by atoms with Crippen LogP contribution in [0.1, 0.15) is 43.2 Å². The van der Waals surface area contributed by atoms with Gasteiger partial charge in [0.25, 0.3) is 5.91 Å². The lowest BCUT2D eigenvalue weighted by Gasteiger charge is -2.29. The van der Waals surface area contributed by atoms with Crippen molar-refractivity contribution in [2.24, 2.45) is 0 Å². The van der Waals surface area contributed by atoms with E-state index in [0.717, 1.165) is 25.1 Å². The Morgan fingerprint density at radius 2 is 1.91 bits per heavy atom. The van der Waals surface area contributed by atoms with Crippen LogP contribution in [-0.4, -0.2) is 28.2 Å². The number of carbonyl (C=O) groups excluding carboxylic acids is 1. The number of aryl methyl sites for hydroxylation is 1. The Balaban J connectivity index is 1.82. The predicted molar refractivity (Wildman–Crippen MR) is 91.8 cm³/mol. The highest BCUT2D eigenvalue weighted by atomic mass is 16.2. The third kappa shape index (κ3) is 3.50. The largest absolute Gasteiger partial charge is 0.364 e. The van der Waals surface area contributed by atoms with Crippen LogP contribution in [0.5, 0.6) is 0 Å². The second kappa shape index (κ2) is 5.99. The zero-order valence-corrected chi connectivity index (χ0v) is 13.8. The molecule has 0 spiro atoms. The third-order valence-electron chi connectivity index (χ3n) is 3.74. The zero-order chi connectivity index (χ0) is 16.4. The molecule has 1 aliphatic heterocycles. The first-order chi connectivity index (χ1) is 10.9. The molecular formula is C18H22N4O. The summed E-state index contributed by atoms with van der Waals surface area (Å²) < 4.78 is 0. The van der Waals surface area contributed by atoms with Crippen molar-refractivity contribution in [1.29, 1.82) is 0 Å². The van der Waals surface area contributed by atoms with Crippen molar-refractivity contribution in [2.75, 3.05) is 16.8 Å². The van der Waals surface area contributed by atoms with Crippen LogP contribution in [0.4, 0.5) is 11.5 Å². The van der Waals surface area contributed by atoms with Crippen molar-refractivity contribution in [3.63, 3.8) is 0 Å². The highest BCUT2D eigenvalue weighted by molar-refractivity contribution is 6.05. The molecule has 2 heterocycles. The van der Waals surface area contributed by atoms with Crippen LogP contribution in [0.3, 0.4) is 0 Å². The van der Waals surface area contributed by atoms with Crippen LogP contribution >= 0.6 is 0 Å². The molecule has 0 bridgehead atoms. The van der Waals surface area contributed by atoms with Crippen LogP contribution in [0.2, 0.25) is 0 Å². The Hall–Kier alpha value is -2.43. The molecule has 23 heavy (non-hydrogen) atoms. The minimum atomic E-state index is -0.0913. The second-order valence-electron chi connectivity index (χ2n) is 6.87. The van der Waals surface area contributed by atoms with Crippen LogP contribution < -0.4 is 10.2 Å². The van der Waals surface area contributed by atoms with Gasteiger partial charge in [0.15, 0.2) is 5.69 Å². The molecule has 1 aliphatic rings. The lowest BCUT2D eigenvalue weighted by Crippen LogP contribution is -2.36. The number of para-hydroxylation sites is 1. The Morgan fingerprint density at radius 3 is 2.61 bits per heavy atom. The van der Waals surface area contributed by atoms with Gasteiger partial charge in [-0.3, -0.25) is 4.79 Å². The minimum absolute atomic E-state index is 0.0908. The van der Waals surface area contributed by atoms with Crippen molar-refractivity contribution < 1.29 is 4.79 Å². The fourth-order valence-electron chi connectivity index (χ4n) is 2.78. The van der Waals surface area contributed by atoms with Crippen LogP contribution in [0, 0.1) is 0 Å². The summed E-state index contributed by atoms with van der Waals surface area (Å²) in [4.78, 5) is 14.6. The highest BCUT2D eigenvalue weighted by Crippen LogP contribution is 2.27. The summed E-state index contributed by atoms with van der Waals surface area (Å²) in [7, 11) is 0. The van der Waals surface area contributed by atoms with E-state index in [1.807, 2.05) is 18.2 Å². The van der Waals surface area contributed by atoms with E-state index in [9.17, 15) is 4.79 Å². The van der Waals surface area contributed by atoms with Crippen molar-refractivity contribution in [2.45, 2.75) is 39.2 Å². The summed E-state index contributed by atoms with van der Waals surface area (Å²) >= 11 is 0. The predicted octanol–water partition coefficient (Wildman–Crippen LogP) is 3.28. The summed E-state index contributed by atoms with van der Waals surface area (Å²) in [5, 5.41) is 11.5. The summed E-state index contributed by atoms with van der Waals surface area (Å²) in [5.41, 5.74) is 2.49. The molecule has 0 aliphatic carbocycles. The van der Waals surface area contributed by atoms with Gasteiger partial charge >= 0.3 is 0 Å². The molecule has 2 aromatic rings. The number of hydrogen-bond donors (Lipinski definition) is 1. The summed E-state index contributed by atoms with van der Waals surface area (Å²) in [6, 6.07) is 11.6. The van der Waals surface area contributed by atoms with Crippen LogP contribution in [0.15, 0.2) is 36.4 Å². The Labute approximate surface area is 136 Å². The number of amides is 1. The van der Waals surface area contributed by atoms with Crippen molar-refractivity contribution in [1.82, 2.24) is 10.2 Å². The SMILES string of the molecule is CC(C)(C)Nc1ccc(C(=O)N2CCCc3ccccc32)nn1. The molecular weight excluding hydrogens is 288 g/mol. The molecule has 0 unspecified atom stereocenters. The number of aromatic nitrogens is 2. The van der Waals surface area contributed by atoms with Gasteiger partial charge in [0, 0.05) is 17.8 Å². The maximum Gasteiger partial charge on any atom is 0.278 e. The maximum atomic E-state index is 12.8. The molecule has 1 N–H and O–H groups in total. The summed E-state index contributed by atoms with van der Waals surface area (Å²) in [6.45, 7) is 6.88. The van der Waals surface area contributed by atoms with E-state index in [2.05, 4.69) is 42.4 Å². The molecule has 120 valence electrons. The fraction of sp³-hybridized carbons (Fsp3) is 0.389. The van der Waals surface area contributed by atoms with E-state index in [1.165, 1.54) is 5.56 Å². The highest BCUT2D eigenvalue weighted by Gasteiger charge is 2.24. The van der Waals surface area contributed by atoms with Crippen molar-refractivity contribution in [3.05, 3.63) is 47.7 Å². The third-order valence-corrected chi connectivity index (χ3v) is 3.74. The van der Waals surface area contributed by atoms with Gasteiger partial charge in [-0.25, -0.2) is 0 Å². The first-order valence-corrected chi connectivity index (χ1v) is 7.96. The second-order valence-corrected chi connectivity index (χ2v) is 6.87. The van der Waals surface area contributed by atoms with E-state index < -0.39 is 0 Å². The van der Waals surface area contributed by atoms with Gasteiger partial charge < -0.3 is 10.2 Å². The lowest BCUT2D eigenvalue weighted by molar-refractivity contribution is 0.0979. The van der Waals surface area contributed by atoms with Gasteiger partial charge in [-0.05, 0) is 57.4 Å². The average Bonchev–Trinajstić information content (AvgIpc) is 2.53. The molecule has 0 radical (unpaired) electrons. The zero-order valence-electron chi connectivity index (χ0n) is 13.8. The van der Waals surface area contributed by atoms with Gasteiger partial charge in [-0.2, -0.15) is 0 Å². The molecule has 0 saturated carbocycles. The molecule has 5 nitrogen and oxygen atoms in total. The standard InChI is InChI=1S/C18H22N4O/c1-18(2,3)19-16-11-10-14(20-21-16)17(23)22-12-6-8-13-7-4-5-9-15(13)22/h4-5,7,9-11H,6,8,12H2,1-3H3,(H,19,21). The van der Waals surface area contributed by atoms with Crippen molar-refractivity contribution in [3.8, 4) is 0 Å². The normalized spacial score (nSPS) is 14.3. The number of nitrogens with one attached hydrogen (secondary N) is 1. The number of anilines is 2. The molecule has 0 saturated heterocycles. The Bertz CT molecular complexity index is 704. The van der Waals surface area contributed by atoms with E-state index in [1.54, 1.807) is 17.0 Å². The first-order valence-electron chi connectivity index (χ1n) is 7.96. The van der Waals surface area contributed by atoms with Crippen LogP contribution in [0.25, 0.3) is 0 Å². The van der Waals surface area contributed by atoms with E-state index in [-0.39, 0.29) is 11.4 Å². The molecule has 1 aromatic carbocycles. The fourth-order valence-corrected chi connectivity index (χ4v) is 2.78. The number of fused-ring (bicyclic) bond motifs is 1. The van der Waals surface area contributed by atoms with E-state index >= 15 is 0 Å². The van der Waals surface area contributed by atoms with Crippen molar-refractivity contribution >= 4 is 17.4 Å². The van der Waals surface area contributed by atoms with E-state index in [0.29, 0.717) is 11.5 Å². The van der Waals surface area contributed by atoms with Gasteiger partial charge in [-0.15, -0.1) is 10.2 Å². The van der Waals surface area contributed by atoms with Crippen LogP contribution in [-0.2, 0) is 6.42 Å². The number of carbonyl (C=O) groups is 1. The number of hydrogen-bond acceptors (Lipinski definition) is 4. The Morgan fingerprint density at radius 1 is 1.13 bits per heavy atom. The summed E-state index contributed by atoms with van der Waals surface area (Å²) in [5.74, 6) is 0.583. The Kier molecular flexibility index (Phi) is 4.03. The average molecular weight is 310 g/mol. The molecule has 0 fully saturated rings. The first kappa shape index (κ1) is 15.5. The number of nitrogens with zero attached hydrogens (tertiary/aromatic N) is 3. The maximum absolute atomic E-state index is 12.8. The van der Waals surface area contributed by atoms with Gasteiger partial charge in [0.2, 0.25) is 0 Å². The topological polar surface area (TPSA) is 58.1 Å². The number of rotatable bonds is 2. The summed E-state index contributed by atoms with van der Waals surface area (Å²) in [6.07, 6.45) is 1.99. The molecule has 0 atom stereocenters. The minimum Gasteiger partial charge on any atom is -0.364 e. The molecule has 1 aromatic heterocycles. The molecule has 3 rings (SSSR count). The molecule has 5 heteroatoms. The van der Waals surface area contributed by atoms with E-state index in [4.69, 9.17) is 0 Å². The van der Waals surface area contributed by atoms with Gasteiger partial charge in [0.1, 0.15) is 5.82 Å². The smallest absolute Gasteiger partial charge is 0.278 e. The molecule has 1 amide bonds. The van der Waals surface area contributed by atoms with Gasteiger partial charge in [0.05, 0.1) is 0 Å².